The molecule has 5 heteroatoms. The molecule has 2 rings (SSSR count). The van der Waals surface area contributed by atoms with Crippen LogP contribution in [0.5, 0.6) is 0 Å². The molecule has 2 heterocycles. The highest BCUT2D eigenvalue weighted by Gasteiger charge is 2.41. The lowest BCUT2D eigenvalue weighted by molar-refractivity contribution is -0.151. The van der Waals surface area contributed by atoms with Gasteiger partial charge in [0, 0.05) is 19.0 Å². The predicted octanol–water partition coefficient (Wildman–Crippen LogP) is 0.635. The maximum absolute atomic E-state index is 12.0. The Hall–Kier alpha value is -1.10. The number of hydrogen-bond donors (Lipinski definition) is 0. The number of carbonyl (C=O) groups is 2. The number of amides is 1. The van der Waals surface area contributed by atoms with Crippen molar-refractivity contribution in [2.24, 2.45) is 0 Å². The number of likely N-dealkylation sites (tertiary alicyclic amines) is 2. The van der Waals surface area contributed by atoms with Gasteiger partial charge in [-0.05, 0) is 32.4 Å². The average Bonchev–Trinajstić information content (AvgIpc) is 2.79. The zero-order valence-electron chi connectivity index (χ0n) is 11.2. The lowest BCUT2D eigenvalue weighted by atomic mass is 10.0. The molecule has 0 bridgehead atoms. The summed E-state index contributed by atoms with van der Waals surface area (Å²) in [6.45, 7) is 5.11. The lowest BCUT2D eigenvalue weighted by Gasteiger charge is -2.39. The Kier molecular flexibility index (Phi) is 4.22. The topological polar surface area (TPSA) is 49.9 Å². The van der Waals surface area contributed by atoms with Crippen LogP contribution in [0.15, 0.2) is 0 Å². The van der Waals surface area contributed by atoms with Gasteiger partial charge in [0.15, 0.2) is 0 Å². The molecule has 0 aromatic carbocycles. The third kappa shape index (κ3) is 2.51. The van der Waals surface area contributed by atoms with Gasteiger partial charge in [-0.25, -0.2) is 4.79 Å². The van der Waals surface area contributed by atoms with Gasteiger partial charge in [0.2, 0.25) is 5.91 Å². The molecular formula is C13H22N2O3. The predicted molar refractivity (Wildman–Crippen MR) is 67.0 cm³/mol. The molecule has 0 aliphatic carbocycles. The first-order chi connectivity index (χ1) is 8.67. The van der Waals surface area contributed by atoms with Gasteiger partial charge in [-0.15, -0.1) is 0 Å². The fourth-order valence-electron chi connectivity index (χ4n) is 3.07. The molecule has 2 fully saturated rings. The van der Waals surface area contributed by atoms with Crippen LogP contribution in [0, 0.1) is 0 Å². The number of ether oxygens (including phenoxy) is 1. The molecule has 0 aromatic rings. The van der Waals surface area contributed by atoms with E-state index in [0.717, 1.165) is 32.5 Å². The SMILES string of the molecule is CCN1CCCC(N2C(=O)CCC2C(=O)OC)C1. The van der Waals surface area contributed by atoms with Crippen molar-refractivity contribution in [3.63, 3.8) is 0 Å². The van der Waals surface area contributed by atoms with Gasteiger partial charge in [0.05, 0.1) is 7.11 Å². The van der Waals surface area contributed by atoms with E-state index in [-0.39, 0.29) is 24.0 Å². The van der Waals surface area contributed by atoms with Gasteiger partial charge in [0.1, 0.15) is 6.04 Å². The summed E-state index contributed by atoms with van der Waals surface area (Å²) >= 11 is 0. The second kappa shape index (κ2) is 5.69. The van der Waals surface area contributed by atoms with Gasteiger partial charge in [-0.1, -0.05) is 6.92 Å². The summed E-state index contributed by atoms with van der Waals surface area (Å²) in [5.41, 5.74) is 0. The molecule has 0 spiro atoms. The quantitative estimate of drug-likeness (QED) is 0.693. The maximum Gasteiger partial charge on any atom is 0.328 e. The van der Waals surface area contributed by atoms with E-state index in [1.807, 2.05) is 0 Å². The molecule has 2 atom stereocenters. The number of esters is 1. The summed E-state index contributed by atoms with van der Waals surface area (Å²) < 4.78 is 4.81. The molecule has 0 radical (unpaired) electrons. The zero-order chi connectivity index (χ0) is 13.1. The highest BCUT2D eigenvalue weighted by Crippen LogP contribution is 2.27. The van der Waals surface area contributed by atoms with E-state index < -0.39 is 0 Å². The van der Waals surface area contributed by atoms with Crippen molar-refractivity contribution in [1.29, 1.82) is 0 Å². The molecule has 0 saturated carbocycles. The van der Waals surface area contributed by atoms with Gasteiger partial charge >= 0.3 is 5.97 Å². The smallest absolute Gasteiger partial charge is 0.328 e. The van der Waals surface area contributed by atoms with E-state index >= 15 is 0 Å². The number of hydrogen-bond acceptors (Lipinski definition) is 4. The van der Waals surface area contributed by atoms with Crippen LogP contribution >= 0.6 is 0 Å². The number of methoxy groups -OCH3 is 1. The van der Waals surface area contributed by atoms with Crippen LogP contribution in [-0.2, 0) is 14.3 Å². The van der Waals surface area contributed by atoms with Crippen molar-refractivity contribution in [3.05, 3.63) is 0 Å². The van der Waals surface area contributed by atoms with Crippen LogP contribution < -0.4 is 0 Å². The molecule has 2 aliphatic rings. The Morgan fingerprint density at radius 2 is 2.22 bits per heavy atom. The van der Waals surface area contributed by atoms with Crippen molar-refractivity contribution in [2.75, 3.05) is 26.7 Å². The molecule has 2 unspecified atom stereocenters. The summed E-state index contributed by atoms with van der Waals surface area (Å²) in [7, 11) is 1.39. The highest BCUT2D eigenvalue weighted by molar-refractivity contribution is 5.88. The van der Waals surface area contributed by atoms with Gasteiger partial charge in [-0.3, -0.25) is 4.79 Å². The van der Waals surface area contributed by atoms with Crippen molar-refractivity contribution in [1.82, 2.24) is 9.80 Å². The molecule has 1 amide bonds. The van der Waals surface area contributed by atoms with Crippen LogP contribution in [0.25, 0.3) is 0 Å². The normalized spacial score (nSPS) is 29.7. The van der Waals surface area contributed by atoms with Crippen LogP contribution in [0.3, 0.4) is 0 Å². The van der Waals surface area contributed by atoms with Crippen molar-refractivity contribution in [3.8, 4) is 0 Å². The summed E-state index contributed by atoms with van der Waals surface area (Å²) in [6, 6.07) is -0.179. The minimum absolute atomic E-state index is 0.105. The van der Waals surface area contributed by atoms with E-state index in [0.29, 0.717) is 12.8 Å². The van der Waals surface area contributed by atoms with E-state index in [2.05, 4.69) is 11.8 Å². The standard InChI is InChI=1S/C13H22N2O3/c1-3-14-8-4-5-10(9-14)15-11(13(17)18-2)6-7-12(15)16/h10-11H,3-9H2,1-2H3. The van der Waals surface area contributed by atoms with Crippen molar-refractivity contribution < 1.29 is 14.3 Å². The largest absolute Gasteiger partial charge is 0.467 e. The summed E-state index contributed by atoms with van der Waals surface area (Å²) in [4.78, 5) is 27.9. The Morgan fingerprint density at radius 3 is 2.89 bits per heavy atom. The summed E-state index contributed by atoms with van der Waals surface area (Å²) in [6.07, 6.45) is 3.17. The molecule has 2 aliphatic heterocycles. The van der Waals surface area contributed by atoms with E-state index in [1.165, 1.54) is 7.11 Å². The zero-order valence-corrected chi connectivity index (χ0v) is 11.2. The summed E-state index contributed by atoms with van der Waals surface area (Å²) in [5, 5.41) is 0. The Balaban J connectivity index is 2.08. The Morgan fingerprint density at radius 1 is 1.44 bits per heavy atom. The van der Waals surface area contributed by atoms with Crippen LogP contribution in [-0.4, -0.2) is 60.5 Å². The maximum atomic E-state index is 12.0. The first-order valence-electron chi connectivity index (χ1n) is 6.78. The fourth-order valence-corrected chi connectivity index (χ4v) is 3.07. The third-order valence-electron chi connectivity index (χ3n) is 4.05. The summed E-state index contributed by atoms with van der Waals surface area (Å²) in [5.74, 6) is -0.164. The third-order valence-corrected chi connectivity index (χ3v) is 4.05. The Labute approximate surface area is 108 Å². The molecule has 18 heavy (non-hydrogen) atoms. The van der Waals surface area contributed by atoms with E-state index in [4.69, 9.17) is 4.74 Å². The second-order valence-corrected chi connectivity index (χ2v) is 5.07. The van der Waals surface area contributed by atoms with E-state index in [9.17, 15) is 9.59 Å². The van der Waals surface area contributed by atoms with Gasteiger partial charge in [-0.2, -0.15) is 0 Å². The number of rotatable bonds is 3. The van der Waals surface area contributed by atoms with E-state index in [1.54, 1.807) is 4.90 Å². The lowest BCUT2D eigenvalue weighted by Crippen LogP contribution is -2.53. The minimum Gasteiger partial charge on any atom is -0.467 e. The number of likely N-dealkylation sites (N-methyl/N-ethyl adjacent to an activating group) is 1. The van der Waals surface area contributed by atoms with Crippen LogP contribution in [0.4, 0.5) is 0 Å². The molecule has 2 saturated heterocycles. The first-order valence-corrected chi connectivity index (χ1v) is 6.78. The highest BCUT2D eigenvalue weighted by atomic mass is 16.5. The fraction of sp³-hybridized carbons (Fsp3) is 0.846. The second-order valence-electron chi connectivity index (χ2n) is 5.07. The minimum atomic E-state index is -0.357. The molecule has 5 nitrogen and oxygen atoms in total. The van der Waals surface area contributed by atoms with Gasteiger partial charge in [0.25, 0.3) is 0 Å². The number of piperidine rings is 1. The number of nitrogens with zero attached hydrogens (tertiary/aromatic N) is 2. The van der Waals surface area contributed by atoms with Crippen molar-refractivity contribution >= 4 is 11.9 Å². The number of carbonyl (C=O) groups excluding carboxylic acids is 2. The van der Waals surface area contributed by atoms with Crippen LogP contribution in [0.2, 0.25) is 0 Å². The van der Waals surface area contributed by atoms with Crippen LogP contribution in [0.1, 0.15) is 32.6 Å². The monoisotopic (exact) mass is 254 g/mol. The van der Waals surface area contributed by atoms with Crippen molar-refractivity contribution in [2.45, 2.75) is 44.7 Å². The molecule has 0 aromatic heterocycles. The Bertz CT molecular complexity index is 332. The first kappa shape index (κ1) is 13.3. The molecule has 0 N–H and O–H groups in total. The van der Waals surface area contributed by atoms with Gasteiger partial charge < -0.3 is 14.5 Å². The average molecular weight is 254 g/mol. The molecule has 102 valence electrons. The molecular weight excluding hydrogens is 232 g/mol.